The Bertz CT molecular complexity index is 749. The molecule has 2 rings (SSSR count). The van der Waals surface area contributed by atoms with Crippen molar-refractivity contribution in [3.8, 4) is 0 Å². The van der Waals surface area contributed by atoms with Crippen LogP contribution in [0.15, 0.2) is 46.3 Å². The number of rotatable bonds is 7. The first-order valence-electron chi connectivity index (χ1n) is 7.59. The number of benzene rings is 1. The third-order valence-corrected chi connectivity index (χ3v) is 4.94. The van der Waals surface area contributed by atoms with E-state index in [1.165, 1.54) is 11.3 Å². The Hall–Kier alpha value is -2.19. The second-order valence-corrected chi connectivity index (χ2v) is 7.05. The molecule has 132 valence electrons. The molecule has 0 fully saturated rings. The lowest BCUT2D eigenvalue weighted by Gasteiger charge is -2.16. The Balaban J connectivity index is 1.71. The first-order chi connectivity index (χ1) is 12.0. The van der Waals surface area contributed by atoms with Crippen LogP contribution in [0.25, 0.3) is 0 Å². The van der Waals surface area contributed by atoms with Gasteiger partial charge in [0.1, 0.15) is 0 Å². The lowest BCUT2D eigenvalue weighted by atomic mass is 10.1. The van der Waals surface area contributed by atoms with Crippen molar-refractivity contribution in [2.75, 3.05) is 13.1 Å². The maximum atomic E-state index is 11.9. The van der Waals surface area contributed by atoms with Gasteiger partial charge >= 0.3 is 0 Å². The van der Waals surface area contributed by atoms with Crippen LogP contribution in [0.3, 0.4) is 0 Å². The first-order valence-corrected chi connectivity index (χ1v) is 9.27. The van der Waals surface area contributed by atoms with E-state index < -0.39 is 5.91 Å². The highest BCUT2D eigenvalue weighted by Gasteiger charge is 2.13. The molecule has 0 aliphatic carbocycles. The van der Waals surface area contributed by atoms with E-state index in [-0.39, 0.29) is 30.9 Å². The summed E-state index contributed by atoms with van der Waals surface area (Å²) in [5.41, 5.74) is 0.949. The summed E-state index contributed by atoms with van der Waals surface area (Å²) >= 11 is 4.73. The van der Waals surface area contributed by atoms with E-state index >= 15 is 0 Å². The van der Waals surface area contributed by atoms with Crippen molar-refractivity contribution in [3.05, 3.63) is 56.7 Å². The molecule has 3 amide bonds. The summed E-state index contributed by atoms with van der Waals surface area (Å²) in [6, 6.07) is 10.8. The number of thiophene rings is 1. The molecule has 2 aromatic rings. The topological polar surface area (TPSA) is 87.3 Å². The van der Waals surface area contributed by atoms with Gasteiger partial charge in [0.15, 0.2) is 0 Å². The lowest BCUT2D eigenvalue weighted by molar-refractivity contribution is -0.125. The molecule has 0 unspecified atom stereocenters. The predicted octanol–water partition coefficient (Wildman–Crippen LogP) is 2.23. The number of nitrogens with one attached hydrogen (secondary N) is 3. The van der Waals surface area contributed by atoms with Gasteiger partial charge in [-0.25, -0.2) is 0 Å². The average Bonchev–Trinajstić information content (AvgIpc) is 3.12. The van der Waals surface area contributed by atoms with Gasteiger partial charge in [0.2, 0.25) is 11.8 Å². The highest BCUT2D eigenvalue weighted by atomic mass is 79.9. The summed E-state index contributed by atoms with van der Waals surface area (Å²) in [6.45, 7) is 1.54. The van der Waals surface area contributed by atoms with Crippen LogP contribution in [-0.2, 0) is 9.59 Å². The van der Waals surface area contributed by atoms with E-state index in [0.717, 1.165) is 10.0 Å². The minimum absolute atomic E-state index is 0.150. The molecule has 25 heavy (non-hydrogen) atoms. The van der Waals surface area contributed by atoms with E-state index in [2.05, 4.69) is 31.9 Å². The number of carbonyl (C=O) groups excluding carboxylic acids is 3. The van der Waals surface area contributed by atoms with Crippen LogP contribution in [0.1, 0.15) is 28.2 Å². The molecule has 0 bridgehead atoms. The van der Waals surface area contributed by atoms with Gasteiger partial charge < -0.3 is 16.0 Å². The number of amides is 3. The monoisotopic (exact) mass is 423 g/mol. The Kier molecular flexibility index (Phi) is 7.15. The minimum atomic E-state index is -0.423. The van der Waals surface area contributed by atoms with E-state index in [1.54, 1.807) is 17.5 Å². The average molecular weight is 424 g/mol. The molecule has 0 aliphatic heterocycles. The van der Waals surface area contributed by atoms with Crippen molar-refractivity contribution >= 4 is 45.0 Å². The molecular weight excluding hydrogens is 406 g/mol. The van der Waals surface area contributed by atoms with Gasteiger partial charge in [-0.1, -0.05) is 40.2 Å². The fourth-order valence-corrected chi connectivity index (χ4v) is 3.36. The van der Waals surface area contributed by atoms with Crippen molar-refractivity contribution in [3.63, 3.8) is 0 Å². The molecule has 3 N–H and O–H groups in total. The van der Waals surface area contributed by atoms with E-state index in [4.69, 9.17) is 0 Å². The van der Waals surface area contributed by atoms with Crippen molar-refractivity contribution in [2.24, 2.45) is 0 Å². The summed E-state index contributed by atoms with van der Waals surface area (Å²) in [5.74, 6) is -1.04. The van der Waals surface area contributed by atoms with Gasteiger partial charge in [0.25, 0.3) is 5.91 Å². The Morgan fingerprint density at radius 3 is 2.44 bits per heavy atom. The highest BCUT2D eigenvalue weighted by molar-refractivity contribution is 9.10. The van der Waals surface area contributed by atoms with Crippen molar-refractivity contribution in [1.29, 1.82) is 0 Å². The number of halogens is 1. The molecule has 1 aromatic carbocycles. The van der Waals surface area contributed by atoms with Gasteiger partial charge in [0, 0.05) is 4.47 Å². The van der Waals surface area contributed by atoms with Crippen LogP contribution in [0, 0.1) is 0 Å². The summed E-state index contributed by atoms with van der Waals surface area (Å²) in [7, 11) is 0. The molecule has 0 spiro atoms. The molecule has 8 heteroatoms. The van der Waals surface area contributed by atoms with Gasteiger partial charge in [-0.2, -0.15) is 0 Å². The molecule has 1 aromatic heterocycles. The summed E-state index contributed by atoms with van der Waals surface area (Å²) in [4.78, 5) is 35.9. The number of hydrogen-bond acceptors (Lipinski definition) is 4. The predicted molar refractivity (Wildman–Crippen MR) is 100 cm³/mol. The molecule has 0 saturated heterocycles. The van der Waals surface area contributed by atoms with Crippen LogP contribution >= 0.6 is 27.3 Å². The molecule has 0 radical (unpaired) electrons. The zero-order valence-electron chi connectivity index (χ0n) is 13.5. The second-order valence-electron chi connectivity index (χ2n) is 5.25. The largest absolute Gasteiger partial charge is 0.348 e. The molecule has 0 aliphatic rings. The van der Waals surface area contributed by atoms with Crippen LogP contribution in [0.4, 0.5) is 0 Å². The Morgan fingerprint density at radius 1 is 1.04 bits per heavy atom. The molecule has 1 heterocycles. The van der Waals surface area contributed by atoms with Crippen LogP contribution < -0.4 is 16.0 Å². The van der Waals surface area contributed by atoms with Crippen LogP contribution in [0.5, 0.6) is 0 Å². The number of carbonyl (C=O) groups is 3. The van der Waals surface area contributed by atoms with Gasteiger partial charge in [-0.3, -0.25) is 14.4 Å². The van der Waals surface area contributed by atoms with Crippen LogP contribution in [-0.4, -0.2) is 30.8 Å². The van der Waals surface area contributed by atoms with Gasteiger partial charge in [-0.15, -0.1) is 11.3 Å². The standard InChI is InChI=1S/C17H18BrN3O3S/c1-11(12-5-2-3-6-13(12)18)21-16(23)10-19-15(22)9-20-17(24)14-7-4-8-25-14/h2-8,11H,9-10H2,1H3,(H,19,22)(H,20,24)(H,21,23)/t11-/m1/s1. The molecule has 1 atom stereocenters. The second kappa shape index (κ2) is 9.33. The van der Waals surface area contributed by atoms with Gasteiger partial charge in [0.05, 0.1) is 24.0 Å². The molecule has 0 saturated carbocycles. The quantitative estimate of drug-likeness (QED) is 0.637. The van der Waals surface area contributed by atoms with Crippen molar-refractivity contribution in [1.82, 2.24) is 16.0 Å². The Labute approximate surface area is 158 Å². The fraction of sp³-hybridized carbons (Fsp3) is 0.235. The Morgan fingerprint density at radius 2 is 1.76 bits per heavy atom. The van der Waals surface area contributed by atoms with Crippen LogP contribution in [0.2, 0.25) is 0 Å². The molecular formula is C17H18BrN3O3S. The zero-order chi connectivity index (χ0) is 18.2. The van der Waals surface area contributed by atoms with Crippen molar-refractivity contribution < 1.29 is 14.4 Å². The lowest BCUT2D eigenvalue weighted by Crippen LogP contribution is -2.42. The highest BCUT2D eigenvalue weighted by Crippen LogP contribution is 2.22. The van der Waals surface area contributed by atoms with E-state index in [9.17, 15) is 14.4 Å². The normalized spacial score (nSPS) is 11.4. The minimum Gasteiger partial charge on any atom is -0.348 e. The molecule has 6 nitrogen and oxygen atoms in total. The maximum Gasteiger partial charge on any atom is 0.261 e. The third-order valence-electron chi connectivity index (χ3n) is 3.35. The maximum absolute atomic E-state index is 11.9. The van der Waals surface area contributed by atoms with E-state index in [1.807, 2.05) is 31.2 Å². The van der Waals surface area contributed by atoms with Gasteiger partial charge in [-0.05, 0) is 30.0 Å². The SMILES string of the molecule is C[C@@H](NC(=O)CNC(=O)CNC(=O)c1cccs1)c1ccccc1Br. The third kappa shape index (κ3) is 5.99. The van der Waals surface area contributed by atoms with E-state index in [0.29, 0.717) is 4.88 Å². The smallest absolute Gasteiger partial charge is 0.261 e. The summed E-state index contributed by atoms with van der Waals surface area (Å²) < 4.78 is 0.906. The first kappa shape index (κ1) is 19.1. The summed E-state index contributed by atoms with van der Waals surface area (Å²) in [6.07, 6.45) is 0. The van der Waals surface area contributed by atoms with Crippen molar-refractivity contribution in [2.45, 2.75) is 13.0 Å². The zero-order valence-corrected chi connectivity index (χ0v) is 15.9. The fourth-order valence-electron chi connectivity index (χ4n) is 2.09. The summed E-state index contributed by atoms with van der Waals surface area (Å²) in [5, 5.41) is 9.58. The number of hydrogen-bond donors (Lipinski definition) is 3.